The third-order valence-corrected chi connectivity index (χ3v) is 3.33. The molecular weight excluding hydrogens is 315 g/mol. The number of hydrogen-bond acceptors (Lipinski definition) is 2. The number of halogens is 2. The maximum Gasteiger partial charge on any atom is 0.319 e. The lowest BCUT2D eigenvalue weighted by molar-refractivity contribution is 0.117. The highest BCUT2D eigenvalue weighted by molar-refractivity contribution is 9.10. The van der Waals surface area contributed by atoms with Crippen LogP contribution in [-0.4, -0.2) is 23.8 Å². The molecule has 4 nitrogen and oxygen atoms in total. The standard InChI is InChI=1S/C13H18BrFN2O2/c1-8(2)12(18)5-6-16-13(19)17-11-4-3-9(15)7-10(11)14/h3-4,7-8,12,18H,5-6H2,1-2H3,(H2,16,17,19). The van der Waals surface area contributed by atoms with Crippen molar-refractivity contribution in [3.05, 3.63) is 28.5 Å². The number of aliphatic hydroxyl groups excluding tert-OH is 1. The van der Waals surface area contributed by atoms with Gasteiger partial charge in [0.05, 0.1) is 11.8 Å². The van der Waals surface area contributed by atoms with Gasteiger partial charge in [-0.3, -0.25) is 0 Å². The first-order valence-corrected chi connectivity index (χ1v) is 6.87. The fourth-order valence-corrected chi connectivity index (χ4v) is 1.87. The number of anilines is 1. The molecule has 0 spiro atoms. The molecule has 0 aliphatic heterocycles. The molecule has 0 saturated heterocycles. The van der Waals surface area contributed by atoms with E-state index in [4.69, 9.17) is 0 Å². The van der Waals surface area contributed by atoms with Crippen molar-refractivity contribution in [1.29, 1.82) is 0 Å². The fourth-order valence-electron chi connectivity index (χ4n) is 1.42. The molecule has 0 radical (unpaired) electrons. The molecule has 3 N–H and O–H groups in total. The molecule has 0 saturated carbocycles. The average molecular weight is 333 g/mol. The van der Waals surface area contributed by atoms with Crippen LogP contribution in [0.25, 0.3) is 0 Å². The Morgan fingerprint density at radius 3 is 2.74 bits per heavy atom. The molecule has 0 aromatic heterocycles. The molecule has 0 aliphatic carbocycles. The summed E-state index contributed by atoms with van der Waals surface area (Å²) in [5.74, 6) is -0.214. The lowest BCUT2D eigenvalue weighted by Gasteiger charge is -2.15. The maximum atomic E-state index is 12.9. The Morgan fingerprint density at radius 1 is 1.47 bits per heavy atom. The smallest absolute Gasteiger partial charge is 0.319 e. The van der Waals surface area contributed by atoms with Gasteiger partial charge in [-0.2, -0.15) is 0 Å². The molecule has 1 rings (SSSR count). The highest BCUT2D eigenvalue weighted by Gasteiger charge is 2.10. The Balaban J connectivity index is 2.39. The number of carbonyl (C=O) groups excluding carboxylic acids is 1. The monoisotopic (exact) mass is 332 g/mol. The normalized spacial score (nSPS) is 12.3. The minimum Gasteiger partial charge on any atom is -0.393 e. The van der Waals surface area contributed by atoms with Crippen molar-refractivity contribution in [3.63, 3.8) is 0 Å². The second kappa shape index (κ2) is 7.45. The fraction of sp³-hybridized carbons (Fsp3) is 0.462. The molecule has 1 aromatic rings. The van der Waals surface area contributed by atoms with Gasteiger partial charge >= 0.3 is 6.03 Å². The number of hydrogen-bond donors (Lipinski definition) is 3. The minimum atomic E-state index is -0.433. The first-order chi connectivity index (χ1) is 8.90. The van der Waals surface area contributed by atoms with Gasteiger partial charge in [-0.15, -0.1) is 0 Å². The predicted molar refractivity (Wildman–Crippen MR) is 76.6 cm³/mol. The molecule has 1 atom stereocenters. The van der Waals surface area contributed by atoms with Crippen molar-refractivity contribution in [3.8, 4) is 0 Å². The van der Waals surface area contributed by atoms with Crippen LogP contribution in [0.15, 0.2) is 22.7 Å². The van der Waals surface area contributed by atoms with Crippen LogP contribution in [0.2, 0.25) is 0 Å². The number of aliphatic hydroxyl groups is 1. The molecule has 19 heavy (non-hydrogen) atoms. The van der Waals surface area contributed by atoms with E-state index in [-0.39, 0.29) is 17.8 Å². The first kappa shape index (κ1) is 15.9. The zero-order chi connectivity index (χ0) is 14.4. The summed E-state index contributed by atoms with van der Waals surface area (Å²) in [5.41, 5.74) is 0.489. The number of amides is 2. The van der Waals surface area contributed by atoms with Crippen LogP contribution >= 0.6 is 15.9 Å². The molecule has 1 unspecified atom stereocenters. The van der Waals surface area contributed by atoms with Crippen LogP contribution in [0.3, 0.4) is 0 Å². The second-order valence-corrected chi connectivity index (χ2v) is 5.46. The van der Waals surface area contributed by atoms with E-state index >= 15 is 0 Å². The van der Waals surface area contributed by atoms with E-state index in [2.05, 4.69) is 26.6 Å². The van der Waals surface area contributed by atoms with Crippen LogP contribution in [0, 0.1) is 11.7 Å². The van der Waals surface area contributed by atoms with Gasteiger partial charge in [0.25, 0.3) is 0 Å². The van der Waals surface area contributed by atoms with Crippen molar-refractivity contribution >= 4 is 27.6 Å². The molecule has 2 amide bonds. The molecule has 0 bridgehead atoms. The van der Waals surface area contributed by atoms with Crippen molar-refractivity contribution in [2.45, 2.75) is 26.4 Å². The topological polar surface area (TPSA) is 61.4 Å². The second-order valence-electron chi connectivity index (χ2n) is 4.61. The van der Waals surface area contributed by atoms with E-state index in [1.165, 1.54) is 18.2 Å². The van der Waals surface area contributed by atoms with Crippen molar-refractivity contribution < 1.29 is 14.3 Å². The van der Waals surface area contributed by atoms with Crippen LogP contribution in [-0.2, 0) is 0 Å². The highest BCUT2D eigenvalue weighted by atomic mass is 79.9. The molecule has 6 heteroatoms. The van der Waals surface area contributed by atoms with E-state index in [1.807, 2.05) is 13.8 Å². The number of carbonyl (C=O) groups is 1. The average Bonchev–Trinajstić information content (AvgIpc) is 2.32. The Bertz CT molecular complexity index is 441. The SMILES string of the molecule is CC(C)C(O)CCNC(=O)Nc1ccc(F)cc1Br. The number of nitrogens with one attached hydrogen (secondary N) is 2. The summed E-state index contributed by atoms with van der Waals surface area (Å²) >= 11 is 3.16. The summed E-state index contributed by atoms with van der Waals surface area (Å²) in [4.78, 5) is 11.6. The summed E-state index contributed by atoms with van der Waals surface area (Å²) in [5, 5.41) is 14.8. The van der Waals surface area contributed by atoms with Gasteiger partial charge in [0, 0.05) is 11.0 Å². The lowest BCUT2D eigenvalue weighted by Crippen LogP contribution is -2.32. The summed E-state index contributed by atoms with van der Waals surface area (Å²) < 4.78 is 13.3. The molecule has 106 valence electrons. The van der Waals surface area contributed by atoms with Crippen LogP contribution < -0.4 is 10.6 Å². The van der Waals surface area contributed by atoms with Gasteiger partial charge in [0.2, 0.25) is 0 Å². The summed E-state index contributed by atoms with van der Waals surface area (Å²) in [6, 6.07) is 3.63. The third-order valence-electron chi connectivity index (χ3n) is 2.67. The quantitative estimate of drug-likeness (QED) is 0.775. The van der Waals surface area contributed by atoms with E-state index in [1.54, 1.807) is 0 Å². The first-order valence-electron chi connectivity index (χ1n) is 6.08. The van der Waals surface area contributed by atoms with Crippen LogP contribution in [0.1, 0.15) is 20.3 Å². The number of benzene rings is 1. The number of rotatable bonds is 5. The molecule has 1 aromatic carbocycles. The lowest BCUT2D eigenvalue weighted by atomic mass is 10.0. The molecule has 0 fully saturated rings. The van der Waals surface area contributed by atoms with E-state index < -0.39 is 6.10 Å². The predicted octanol–water partition coefficient (Wildman–Crippen LogP) is 3.12. The van der Waals surface area contributed by atoms with Gasteiger partial charge in [-0.05, 0) is 46.5 Å². The summed E-state index contributed by atoms with van der Waals surface area (Å²) in [6.45, 7) is 4.21. The van der Waals surface area contributed by atoms with Gasteiger partial charge in [-0.1, -0.05) is 13.8 Å². The third kappa shape index (κ3) is 5.57. The molecular formula is C13H18BrFN2O2. The van der Waals surface area contributed by atoms with Crippen LogP contribution in [0.5, 0.6) is 0 Å². The molecule has 0 aliphatic rings. The van der Waals surface area contributed by atoms with Crippen molar-refractivity contribution in [2.75, 3.05) is 11.9 Å². The van der Waals surface area contributed by atoms with Gasteiger partial charge in [-0.25, -0.2) is 9.18 Å². The molecule has 0 heterocycles. The summed E-state index contributed by atoms with van der Waals surface area (Å²) in [6.07, 6.45) is 0.0632. The van der Waals surface area contributed by atoms with Crippen molar-refractivity contribution in [2.24, 2.45) is 5.92 Å². The number of urea groups is 1. The zero-order valence-electron chi connectivity index (χ0n) is 10.9. The highest BCUT2D eigenvalue weighted by Crippen LogP contribution is 2.22. The van der Waals surface area contributed by atoms with Crippen molar-refractivity contribution in [1.82, 2.24) is 5.32 Å². The Hall–Kier alpha value is -1.14. The maximum absolute atomic E-state index is 12.9. The van der Waals surface area contributed by atoms with Gasteiger partial charge in [0.1, 0.15) is 5.82 Å². The largest absolute Gasteiger partial charge is 0.393 e. The van der Waals surface area contributed by atoms with E-state index in [0.717, 1.165) is 0 Å². The van der Waals surface area contributed by atoms with Gasteiger partial charge < -0.3 is 15.7 Å². The van der Waals surface area contributed by atoms with Gasteiger partial charge in [0.15, 0.2) is 0 Å². The van der Waals surface area contributed by atoms with E-state index in [0.29, 0.717) is 23.1 Å². The Kier molecular flexibility index (Phi) is 6.24. The van der Waals surface area contributed by atoms with E-state index in [9.17, 15) is 14.3 Å². The Morgan fingerprint density at radius 2 is 2.16 bits per heavy atom. The Labute approximate surface area is 120 Å². The minimum absolute atomic E-state index is 0.163. The summed E-state index contributed by atoms with van der Waals surface area (Å²) in [7, 11) is 0. The zero-order valence-corrected chi connectivity index (χ0v) is 12.5. The van der Waals surface area contributed by atoms with Crippen LogP contribution in [0.4, 0.5) is 14.9 Å².